The average molecular weight is 129 g/mol. The molecule has 0 saturated heterocycles. The van der Waals surface area contributed by atoms with Crippen molar-refractivity contribution in [1.82, 2.24) is 5.48 Å². The standard InChI is InChI=1S/C6H11NO2/c1-3-5-6(8)7-9-4-2/h3,5H,4H2,1-2H3,(H,7,8). The molecule has 1 amide bonds. The topological polar surface area (TPSA) is 38.3 Å². The Hall–Kier alpha value is -0.830. The van der Waals surface area contributed by atoms with Crippen molar-refractivity contribution in [2.24, 2.45) is 0 Å². The van der Waals surface area contributed by atoms with Gasteiger partial charge in [-0.3, -0.25) is 9.63 Å². The van der Waals surface area contributed by atoms with Crippen molar-refractivity contribution in [3.8, 4) is 0 Å². The minimum absolute atomic E-state index is 0.223. The smallest absolute Gasteiger partial charge is 0.267 e. The summed E-state index contributed by atoms with van der Waals surface area (Å²) in [5, 5.41) is 0. The van der Waals surface area contributed by atoms with Crippen LogP contribution in [0, 0.1) is 0 Å². The second-order valence-electron chi connectivity index (χ2n) is 1.40. The zero-order valence-corrected chi connectivity index (χ0v) is 5.68. The number of rotatable bonds is 3. The Bertz CT molecular complexity index is 110. The molecule has 3 nitrogen and oxygen atoms in total. The average Bonchev–Trinajstić information content (AvgIpc) is 1.85. The lowest BCUT2D eigenvalue weighted by Gasteiger charge is -1.96. The van der Waals surface area contributed by atoms with Gasteiger partial charge in [0.1, 0.15) is 0 Å². The highest BCUT2D eigenvalue weighted by Gasteiger charge is 1.88. The molecule has 0 unspecified atom stereocenters. The van der Waals surface area contributed by atoms with Crippen LogP contribution in [0.3, 0.4) is 0 Å². The van der Waals surface area contributed by atoms with Gasteiger partial charge in [-0.15, -0.1) is 0 Å². The van der Waals surface area contributed by atoms with Crippen molar-refractivity contribution < 1.29 is 9.63 Å². The molecule has 0 atom stereocenters. The first-order valence-corrected chi connectivity index (χ1v) is 2.85. The van der Waals surface area contributed by atoms with E-state index in [0.29, 0.717) is 6.61 Å². The van der Waals surface area contributed by atoms with Crippen LogP contribution in [0.5, 0.6) is 0 Å². The Labute approximate surface area is 54.7 Å². The third-order valence-corrected chi connectivity index (χ3v) is 0.635. The van der Waals surface area contributed by atoms with Gasteiger partial charge in [0.25, 0.3) is 5.91 Å². The van der Waals surface area contributed by atoms with E-state index < -0.39 is 0 Å². The number of hydrogen-bond donors (Lipinski definition) is 1. The van der Waals surface area contributed by atoms with E-state index in [9.17, 15) is 4.79 Å². The fourth-order valence-electron chi connectivity index (χ4n) is 0.329. The van der Waals surface area contributed by atoms with Crippen LogP contribution in [0.4, 0.5) is 0 Å². The molecule has 0 rings (SSSR count). The number of hydroxylamine groups is 1. The summed E-state index contributed by atoms with van der Waals surface area (Å²) in [6, 6.07) is 0. The third-order valence-electron chi connectivity index (χ3n) is 0.635. The van der Waals surface area contributed by atoms with Crippen LogP contribution in [0.15, 0.2) is 12.2 Å². The SMILES string of the molecule is CC=CC(=O)NOCC. The lowest BCUT2D eigenvalue weighted by atomic mass is 10.5. The minimum atomic E-state index is -0.223. The summed E-state index contributed by atoms with van der Waals surface area (Å²) in [5.74, 6) is -0.223. The monoisotopic (exact) mass is 129 g/mol. The molecular formula is C6H11NO2. The van der Waals surface area contributed by atoms with E-state index in [1.807, 2.05) is 0 Å². The zero-order chi connectivity index (χ0) is 7.11. The van der Waals surface area contributed by atoms with Crippen LogP contribution in [0.25, 0.3) is 0 Å². The number of allylic oxidation sites excluding steroid dienone is 1. The summed E-state index contributed by atoms with van der Waals surface area (Å²) in [5.41, 5.74) is 2.21. The van der Waals surface area contributed by atoms with Crippen LogP contribution >= 0.6 is 0 Å². The van der Waals surface area contributed by atoms with Gasteiger partial charge in [0.05, 0.1) is 6.61 Å². The molecule has 0 fully saturated rings. The molecule has 0 bridgehead atoms. The van der Waals surface area contributed by atoms with Crippen molar-refractivity contribution in [3.63, 3.8) is 0 Å². The Kier molecular flexibility index (Phi) is 4.82. The molecule has 0 heterocycles. The number of carbonyl (C=O) groups is 1. The van der Waals surface area contributed by atoms with Gasteiger partial charge in [-0.05, 0) is 13.8 Å². The summed E-state index contributed by atoms with van der Waals surface area (Å²) in [6.45, 7) is 4.06. The van der Waals surface area contributed by atoms with Gasteiger partial charge in [-0.2, -0.15) is 0 Å². The van der Waals surface area contributed by atoms with E-state index in [1.54, 1.807) is 19.9 Å². The molecule has 1 N–H and O–H groups in total. The van der Waals surface area contributed by atoms with Gasteiger partial charge >= 0.3 is 0 Å². The first-order chi connectivity index (χ1) is 4.31. The van der Waals surface area contributed by atoms with E-state index in [0.717, 1.165) is 0 Å². The highest BCUT2D eigenvalue weighted by molar-refractivity contribution is 5.86. The van der Waals surface area contributed by atoms with Crippen LogP contribution in [0.1, 0.15) is 13.8 Å². The molecule has 52 valence electrons. The number of amides is 1. The molecule has 0 aromatic rings. The zero-order valence-electron chi connectivity index (χ0n) is 5.68. The molecule has 0 aliphatic heterocycles. The summed E-state index contributed by atoms with van der Waals surface area (Å²) in [6.07, 6.45) is 3.05. The van der Waals surface area contributed by atoms with Crippen molar-refractivity contribution in [1.29, 1.82) is 0 Å². The van der Waals surface area contributed by atoms with Crippen molar-refractivity contribution in [2.75, 3.05) is 6.61 Å². The van der Waals surface area contributed by atoms with E-state index in [-0.39, 0.29) is 5.91 Å². The Balaban J connectivity index is 3.27. The van der Waals surface area contributed by atoms with E-state index in [4.69, 9.17) is 0 Å². The minimum Gasteiger partial charge on any atom is -0.274 e. The molecule has 0 spiro atoms. The quantitative estimate of drug-likeness (QED) is 0.448. The number of nitrogens with one attached hydrogen (secondary N) is 1. The Morgan fingerprint density at radius 1 is 1.78 bits per heavy atom. The molecule has 0 aromatic carbocycles. The van der Waals surface area contributed by atoms with Crippen LogP contribution in [-0.2, 0) is 9.63 Å². The maximum Gasteiger partial charge on any atom is 0.267 e. The fraction of sp³-hybridized carbons (Fsp3) is 0.500. The number of hydrogen-bond acceptors (Lipinski definition) is 2. The first kappa shape index (κ1) is 8.17. The lowest BCUT2D eigenvalue weighted by molar-refractivity contribution is -0.128. The van der Waals surface area contributed by atoms with E-state index >= 15 is 0 Å². The number of carbonyl (C=O) groups excluding carboxylic acids is 1. The van der Waals surface area contributed by atoms with Crippen molar-refractivity contribution >= 4 is 5.91 Å². The maximum absolute atomic E-state index is 10.5. The van der Waals surface area contributed by atoms with Crippen LogP contribution < -0.4 is 5.48 Å². The van der Waals surface area contributed by atoms with Gasteiger partial charge in [-0.25, -0.2) is 5.48 Å². The second-order valence-corrected chi connectivity index (χ2v) is 1.40. The molecule has 0 radical (unpaired) electrons. The van der Waals surface area contributed by atoms with Gasteiger partial charge in [0.2, 0.25) is 0 Å². The van der Waals surface area contributed by atoms with Gasteiger partial charge in [0, 0.05) is 6.08 Å². The highest BCUT2D eigenvalue weighted by atomic mass is 16.6. The largest absolute Gasteiger partial charge is 0.274 e. The Morgan fingerprint density at radius 2 is 2.44 bits per heavy atom. The van der Waals surface area contributed by atoms with Crippen LogP contribution in [-0.4, -0.2) is 12.5 Å². The van der Waals surface area contributed by atoms with E-state index in [2.05, 4.69) is 10.3 Å². The van der Waals surface area contributed by atoms with Crippen molar-refractivity contribution in [3.05, 3.63) is 12.2 Å². The predicted octanol–water partition coefficient (Wildman–Crippen LogP) is 0.630. The highest BCUT2D eigenvalue weighted by Crippen LogP contribution is 1.71. The predicted molar refractivity (Wildman–Crippen MR) is 34.6 cm³/mol. The molecule has 0 aliphatic carbocycles. The van der Waals surface area contributed by atoms with Gasteiger partial charge in [0.15, 0.2) is 0 Å². The molecular weight excluding hydrogens is 118 g/mol. The lowest BCUT2D eigenvalue weighted by Crippen LogP contribution is -2.20. The maximum atomic E-state index is 10.5. The second kappa shape index (κ2) is 5.31. The van der Waals surface area contributed by atoms with Crippen LogP contribution in [0.2, 0.25) is 0 Å². The van der Waals surface area contributed by atoms with Gasteiger partial charge < -0.3 is 0 Å². The molecule has 0 aliphatic rings. The fourth-order valence-corrected chi connectivity index (χ4v) is 0.329. The normalized spacial score (nSPS) is 10.0. The summed E-state index contributed by atoms with van der Waals surface area (Å²) >= 11 is 0. The first-order valence-electron chi connectivity index (χ1n) is 2.85. The molecule has 0 aromatic heterocycles. The summed E-state index contributed by atoms with van der Waals surface area (Å²) < 4.78 is 0. The Morgan fingerprint density at radius 3 is 2.89 bits per heavy atom. The van der Waals surface area contributed by atoms with Gasteiger partial charge in [-0.1, -0.05) is 6.08 Å². The van der Waals surface area contributed by atoms with Crippen molar-refractivity contribution in [2.45, 2.75) is 13.8 Å². The molecule has 3 heteroatoms. The molecule has 9 heavy (non-hydrogen) atoms. The summed E-state index contributed by atoms with van der Waals surface area (Å²) in [7, 11) is 0. The summed E-state index contributed by atoms with van der Waals surface area (Å²) in [4.78, 5) is 15.1. The van der Waals surface area contributed by atoms with E-state index in [1.165, 1.54) is 6.08 Å². The molecule has 0 saturated carbocycles. The third kappa shape index (κ3) is 5.03.